The number of aromatic hydroxyl groups is 1. The van der Waals surface area contributed by atoms with Crippen molar-refractivity contribution in [2.75, 3.05) is 32.7 Å². The molecule has 0 saturated carbocycles. The first-order valence-corrected chi connectivity index (χ1v) is 8.06. The van der Waals surface area contributed by atoms with Gasteiger partial charge in [-0.1, -0.05) is 19.1 Å². The van der Waals surface area contributed by atoms with Gasteiger partial charge in [-0.05, 0) is 49.4 Å². The van der Waals surface area contributed by atoms with E-state index in [1.54, 1.807) is 0 Å². The number of nitrogens with zero attached hydrogens (tertiary/aromatic N) is 2. The fourth-order valence-corrected chi connectivity index (χ4v) is 3.80. The van der Waals surface area contributed by atoms with Gasteiger partial charge < -0.3 is 10.0 Å². The minimum atomic E-state index is 0.497. The van der Waals surface area contributed by atoms with E-state index < -0.39 is 0 Å². The van der Waals surface area contributed by atoms with Gasteiger partial charge in [-0.2, -0.15) is 0 Å². The SMILES string of the molecule is CCCN1CCN(C2CCCc3c(O)cccc32)CC1. The molecule has 1 unspecified atom stereocenters. The molecule has 1 aliphatic heterocycles. The lowest BCUT2D eigenvalue weighted by Crippen LogP contribution is -2.48. The number of hydrogen-bond donors (Lipinski definition) is 1. The zero-order valence-electron chi connectivity index (χ0n) is 12.5. The van der Waals surface area contributed by atoms with Gasteiger partial charge in [0.15, 0.2) is 0 Å². The number of rotatable bonds is 3. The Morgan fingerprint density at radius 3 is 2.75 bits per heavy atom. The van der Waals surface area contributed by atoms with Crippen molar-refractivity contribution in [2.24, 2.45) is 0 Å². The maximum Gasteiger partial charge on any atom is 0.119 e. The first-order chi connectivity index (χ1) is 9.79. The predicted molar refractivity (Wildman–Crippen MR) is 82.1 cm³/mol. The molecular weight excluding hydrogens is 248 g/mol. The zero-order valence-corrected chi connectivity index (χ0v) is 12.5. The normalized spacial score (nSPS) is 24.6. The molecule has 3 nitrogen and oxygen atoms in total. The van der Waals surface area contributed by atoms with Gasteiger partial charge in [0.1, 0.15) is 5.75 Å². The molecule has 1 aromatic rings. The van der Waals surface area contributed by atoms with Gasteiger partial charge in [0.05, 0.1) is 0 Å². The summed E-state index contributed by atoms with van der Waals surface area (Å²) in [4.78, 5) is 5.20. The van der Waals surface area contributed by atoms with Gasteiger partial charge >= 0.3 is 0 Å². The van der Waals surface area contributed by atoms with E-state index >= 15 is 0 Å². The van der Waals surface area contributed by atoms with Crippen LogP contribution in [0.5, 0.6) is 5.75 Å². The second kappa shape index (κ2) is 6.15. The summed E-state index contributed by atoms with van der Waals surface area (Å²) in [5.41, 5.74) is 2.57. The molecule has 1 atom stereocenters. The Hall–Kier alpha value is -1.06. The molecule has 3 rings (SSSR count). The van der Waals surface area contributed by atoms with Gasteiger partial charge in [0.2, 0.25) is 0 Å². The van der Waals surface area contributed by atoms with Crippen molar-refractivity contribution < 1.29 is 5.11 Å². The van der Waals surface area contributed by atoms with Crippen LogP contribution in [0.15, 0.2) is 18.2 Å². The van der Waals surface area contributed by atoms with Crippen LogP contribution in [-0.4, -0.2) is 47.6 Å². The van der Waals surface area contributed by atoms with Crippen molar-refractivity contribution in [3.8, 4) is 5.75 Å². The molecule has 1 fully saturated rings. The smallest absolute Gasteiger partial charge is 0.119 e. The lowest BCUT2D eigenvalue weighted by Gasteiger charge is -2.41. The molecule has 0 aromatic heterocycles. The number of phenols is 1. The molecule has 3 heteroatoms. The molecule has 1 heterocycles. The molecule has 0 bridgehead atoms. The average molecular weight is 274 g/mol. The molecule has 0 amide bonds. The molecule has 0 spiro atoms. The molecule has 20 heavy (non-hydrogen) atoms. The van der Waals surface area contributed by atoms with Crippen LogP contribution in [0.3, 0.4) is 0 Å². The number of fused-ring (bicyclic) bond motifs is 1. The monoisotopic (exact) mass is 274 g/mol. The van der Waals surface area contributed by atoms with Crippen LogP contribution in [0.25, 0.3) is 0 Å². The highest BCUT2D eigenvalue weighted by Gasteiger charge is 2.29. The van der Waals surface area contributed by atoms with Crippen LogP contribution >= 0.6 is 0 Å². The van der Waals surface area contributed by atoms with Crippen molar-refractivity contribution in [2.45, 2.75) is 38.6 Å². The lowest BCUT2D eigenvalue weighted by atomic mass is 9.86. The Balaban J connectivity index is 1.72. The summed E-state index contributed by atoms with van der Waals surface area (Å²) in [6.07, 6.45) is 4.73. The molecule has 1 N–H and O–H groups in total. The fraction of sp³-hybridized carbons (Fsp3) is 0.647. The summed E-state index contributed by atoms with van der Waals surface area (Å²) in [6.45, 7) is 8.21. The number of piperazine rings is 1. The van der Waals surface area contributed by atoms with Gasteiger partial charge in [-0.15, -0.1) is 0 Å². The number of hydrogen-bond acceptors (Lipinski definition) is 3. The van der Waals surface area contributed by atoms with E-state index in [-0.39, 0.29) is 0 Å². The van der Waals surface area contributed by atoms with Crippen molar-refractivity contribution in [1.29, 1.82) is 0 Å². The third-order valence-electron chi connectivity index (χ3n) is 4.84. The van der Waals surface area contributed by atoms with E-state index in [4.69, 9.17) is 0 Å². The van der Waals surface area contributed by atoms with Crippen LogP contribution < -0.4 is 0 Å². The summed E-state index contributed by atoms with van der Waals surface area (Å²) in [5.74, 6) is 0.497. The van der Waals surface area contributed by atoms with E-state index in [1.165, 1.54) is 63.1 Å². The Labute approximate surface area is 122 Å². The van der Waals surface area contributed by atoms with E-state index in [1.807, 2.05) is 12.1 Å². The van der Waals surface area contributed by atoms with Crippen LogP contribution in [0.4, 0.5) is 0 Å². The molecule has 0 radical (unpaired) electrons. The fourth-order valence-electron chi connectivity index (χ4n) is 3.80. The number of benzene rings is 1. The maximum absolute atomic E-state index is 10.1. The van der Waals surface area contributed by atoms with Crippen molar-refractivity contribution in [1.82, 2.24) is 9.80 Å². The topological polar surface area (TPSA) is 26.7 Å². The third-order valence-corrected chi connectivity index (χ3v) is 4.84. The molecule has 1 aliphatic carbocycles. The second-order valence-corrected chi connectivity index (χ2v) is 6.13. The Morgan fingerprint density at radius 1 is 1.20 bits per heavy atom. The van der Waals surface area contributed by atoms with Crippen LogP contribution in [0.1, 0.15) is 43.4 Å². The zero-order chi connectivity index (χ0) is 13.9. The minimum Gasteiger partial charge on any atom is -0.508 e. The van der Waals surface area contributed by atoms with E-state index in [0.29, 0.717) is 11.8 Å². The van der Waals surface area contributed by atoms with Crippen molar-refractivity contribution >= 4 is 0 Å². The Bertz CT molecular complexity index is 452. The van der Waals surface area contributed by atoms with Gasteiger partial charge in [0.25, 0.3) is 0 Å². The average Bonchev–Trinajstić information content (AvgIpc) is 2.48. The second-order valence-electron chi connectivity index (χ2n) is 6.13. The summed E-state index contributed by atoms with van der Waals surface area (Å²) < 4.78 is 0. The Morgan fingerprint density at radius 2 is 2.00 bits per heavy atom. The summed E-state index contributed by atoms with van der Waals surface area (Å²) >= 11 is 0. The Kier molecular flexibility index (Phi) is 4.27. The van der Waals surface area contributed by atoms with Crippen LogP contribution in [0, 0.1) is 0 Å². The number of phenolic OH excluding ortho intramolecular Hbond substituents is 1. The molecule has 1 aromatic carbocycles. The maximum atomic E-state index is 10.1. The third kappa shape index (κ3) is 2.70. The van der Waals surface area contributed by atoms with Gasteiger partial charge in [-0.25, -0.2) is 0 Å². The first kappa shape index (κ1) is 13.9. The van der Waals surface area contributed by atoms with Crippen LogP contribution in [0.2, 0.25) is 0 Å². The van der Waals surface area contributed by atoms with E-state index in [2.05, 4.69) is 22.8 Å². The summed E-state index contributed by atoms with van der Waals surface area (Å²) in [6, 6.07) is 6.58. The predicted octanol–water partition coefficient (Wildman–Crippen LogP) is 2.80. The molecule has 1 saturated heterocycles. The summed E-state index contributed by atoms with van der Waals surface area (Å²) in [7, 11) is 0. The minimum absolute atomic E-state index is 0.497. The summed E-state index contributed by atoms with van der Waals surface area (Å²) in [5, 5.41) is 10.1. The van der Waals surface area contributed by atoms with Gasteiger partial charge in [0, 0.05) is 32.2 Å². The molecule has 2 aliphatic rings. The van der Waals surface area contributed by atoms with E-state index in [9.17, 15) is 5.11 Å². The van der Waals surface area contributed by atoms with E-state index in [0.717, 1.165) is 6.42 Å². The largest absolute Gasteiger partial charge is 0.508 e. The molecular formula is C17H26N2O. The van der Waals surface area contributed by atoms with Crippen molar-refractivity contribution in [3.05, 3.63) is 29.3 Å². The quantitative estimate of drug-likeness (QED) is 0.918. The molecule has 110 valence electrons. The highest BCUT2D eigenvalue weighted by atomic mass is 16.3. The highest BCUT2D eigenvalue weighted by molar-refractivity contribution is 5.42. The van der Waals surface area contributed by atoms with Crippen LogP contribution in [-0.2, 0) is 6.42 Å². The lowest BCUT2D eigenvalue weighted by molar-refractivity contribution is 0.0879. The standard InChI is InChI=1S/C17H26N2O/c1-2-9-18-10-12-19(13-11-18)16-7-3-6-15-14(16)5-4-8-17(15)20/h4-5,8,16,20H,2-3,6-7,9-13H2,1H3. The van der Waals surface area contributed by atoms with Crippen molar-refractivity contribution in [3.63, 3.8) is 0 Å². The van der Waals surface area contributed by atoms with Gasteiger partial charge in [-0.3, -0.25) is 4.90 Å². The highest BCUT2D eigenvalue weighted by Crippen LogP contribution is 2.38. The first-order valence-electron chi connectivity index (χ1n) is 8.06.